The van der Waals surface area contributed by atoms with E-state index in [1.807, 2.05) is 0 Å². The Morgan fingerprint density at radius 2 is 2.16 bits per heavy atom. The summed E-state index contributed by atoms with van der Waals surface area (Å²) in [6, 6.07) is 0. The lowest BCUT2D eigenvalue weighted by Crippen LogP contribution is -2.27. The van der Waals surface area contributed by atoms with E-state index in [2.05, 4.69) is 16.8 Å². The second-order valence-electron chi connectivity index (χ2n) is 4.82. The van der Waals surface area contributed by atoms with Crippen molar-refractivity contribution in [3.63, 3.8) is 0 Å². The summed E-state index contributed by atoms with van der Waals surface area (Å²) in [6.45, 7) is 5.29. The van der Waals surface area contributed by atoms with Gasteiger partial charge in [-0.1, -0.05) is 5.92 Å². The van der Waals surface area contributed by atoms with Crippen LogP contribution in [0.4, 0.5) is 4.79 Å². The minimum atomic E-state index is -0.907. The van der Waals surface area contributed by atoms with Crippen molar-refractivity contribution in [2.75, 3.05) is 0 Å². The molecule has 0 saturated carbocycles. The van der Waals surface area contributed by atoms with E-state index < -0.39 is 17.7 Å². The molecule has 102 valence electrons. The number of imidazole rings is 1. The maximum Gasteiger partial charge on any atom is 0.420 e. The fourth-order valence-corrected chi connectivity index (χ4v) is 1.17. The van der Waals surface area contributed by atoms with Gasteiger partial charge in [-0.25, -0.2) is 14.3 Å². The van der Waals surface area contributed by atoms with Crippen molar-refractivity contribution in [2.45, 2.75) is 39.2 Å². The first-order valence-electron chi connectivity index (χ1n) is 5.76. The van der Waals surface area contributed by atoms with E-state index in [0.717, 1.165) is 0 Å². The van der Waals surface area contributed by atoms with E-state index >= 15 is 0 Å². The van der Waals surface area contributed by atoms with Crippen LogP contribution in [0.25, 0.3) is 0 Å². The molecule has 0 aliphatic rings. The summed E-state index contributed by atoms with van der Waals surface area (Å²) >= 11 is 0. The quantitative estimate of drug-likeness (QED) is 0.825. The van der Waals surface area contributed by atoms with Crippen LogP contribution < -0.4 is 0 Å². The predicted molar refractivity (Wildman–Crippen MR) is 67.6 cm³/mol. The number of rotatable bonds is 2. The Hall–Kier alpha value is -2.29. The lowest BCUT2D eigenvalue weighted by Gasteiger charge is -2.19. The Labute approximate surface area is 111 Å². The number of nitrogens with zero attached hydrogens (tertiary/aromatic N) is 2. The molecule has 0 radical (unpaired) electrons. The zero-order valence-corrected chi connectivity index (χ0v) is 11.1. The van der Waals surface area contributed by atoms with Gasteiger partial charge in [0.25, 0.3) is 0 Å². The highest BCUT2D eigenvalue weighted by atomic mass is 16.6. The third-order valence-corrected chi connectivity index (χ3v) is 1.91. The minimum Gasteiger partial charge on any atom is -0.481 e. The van der Waals surface area contributed by atoms with Crippen molar-refractivity contribution in [2.24, 2.45) is 0 Å². The summed E-state index contributed by atoms with van der Waals surface area (Å²) in [5, 5.41) is 8.48. The number of hydrogen-bond donors (Lipinski definition) is 1. The van der Waals surface area contributed by atoms with Gasteiger partial charge in [-0.3, -0.25) is 4.79 Å². The molecule has 1 heterocycles. The third-order valence-electron chi connectivity index (χ3n) is 1.91. The third kappa shape index (κ3) is 5.25. The molecule has 0 spiro atoms. The zero-order valence-electron chi connectivity index (χ0n) is 11.1. The first-order valence-corrected chi connectivity index (χ1v) is 5.76. The van der Waals surface area contributed by atoms with Crippen molar-refractivity contribution in [3.8, 4) is 11.8 Å². The van der Waals surface area contributed by atoms with Gasteiger partial charge in [-0.2, -0.15) is 0 Å². The van der Waals surface area contributed by atoms with Crippen molar-refractivity contribution >= 4 is 12.1 Å². The number of aliphatic carboxylic acids is 1. The van der Waals surface area contributed by atoms with Crippen LogP contribution in [0.5, 0.6) is 0 Å². The fourth-order valence-electron chi connectivity index (χ4n) is 1.17. The van der Waals surface area contributed by atoms with Gasteiger partial charge in [0.2, 0.25) is 0 Å². The smallest absolute Gasteiger partial charge is 0.420 e. The second kappa shape index (κ2) is 6.05. The summed E-state index contributed by atoms with van der Waals surface area (Å²) in [5.41, 5.74) is -0.227. The van der Waals surface area contributed by atoms with Crippen LogP contribution in [0.3, 0.4) is 0 Å². The average Bonchev–Trinajstić information content (AvgIpc) is 2.69. The molecule has 0 aliphatic heterocycles. The molecule has 0 bridgehead atoms. The van der Waals surface area contributed by atoms with Gasteiger partial charge in [-0.05, 0) is 26.7 Å². The Balaban J connectivity index is 2.75. The van der Waals surface area contributed by atoms with E-state index in [0.29, 0.717) is 5.69 Å². The highest BCUT2D eigenvalue weighted by Crippen LogP contribution is 2.10. The number of carbonyl (C=O) groups excluding carboxylic acids is 1. The SMILES string of the molecule is CC(C)(C)OC(=O)n1cncc1C#CCCC(=O)O. The average molecular weight is 264 g/mol. The maximum atomic E-state index is 11.8. The van der Waals surface area contributed by atoms with Gasteiger partial charge in [-0.15, -0.1) is 0 Å². The van der Waals surface area contributed by atoms with E-state index in [-0.39, 0.29) is 12.8 Å². The molecular formula is C13H16N2O4. The zero-order chi connectivity index (χ0) is 14.5. The van der Waals surface area contributed by atoms with E-state index in [1.54, 1.807) is 20.8 Å². The molecule has 0 atom stereocenters. The molecule has 0 fully saturated rings. The number of ether oxygens (including phenoxy) is 1. The predicted octanol–water partition coefficient (Wildman–Crippen LogP) is 1.88. The van der Waals surface area contributed by atoms with Gasteiger partial charge < -0.3 is 9.84 Å². The van der Waals surface area contributed by atoms with Gasteiger partial charge in [0.1, 0.15) is 17.6 Å². The van der Waals surface area contributed by atoms with Crippen LogP contribution in [0.1, 0.15) is 39.3 Å². The normalized spacial score (nSPS) is 10.5. The first-order chi connectivity index (χ1) is 8.79. The molecule has 1 N–H and O–H groups in total. The molecule has 0 saturated heterocycles. The monoisotopic (exact) mass is 264 g/mol. The standard InChI is InChI=1S/C13H16N2O4/c1-13(2,3)19-12(18)15-9-14-8-10(15)6-4-5-7-11(16)17/h8-9H,5,7H2,1-3H3,(H,16,17). The van der Waals surface area contributed by atoms with Crippen LogP contribution in [0.15, 0.2) is 12.5 Å². The van der Waals surface area contributed by atoms with Gasteiger partial charge in [0.05, 0.1) is 12.6 Å². The second-order valence-corrected chi connectivity index (χ2v) is 4.82. The number of carboxylic acid groups (broad SMARTS) is 1. The molecule has 1 aromatic rings. The molecule has 6 nitrogen and oxygen atoms in total. The molecule has 1 rings (SSSR count). The number of hydrogen-bond acceptors (Lipinski definition) is 4. The Bertz CT molecular complexity index is 529. The molecule has 19 heavy (non-hydrogen) atoms. The number of aromatic nitrogens is 2. The molecule has 0 unspecified atom stereocenters. The molecular weight excluding hydrogens is 248 g/mol. The Morgan fingerprint density at radius 3 is 2.74 bits per heavy atom. The van der Waals surface area contributed by atoms with Gasteiger partial charge in [0, 0.05) is 6.42 Å². The van der Waals surface area contributed by atoms with Crippen LogP contribution in [0, 0.1) is 11.8 Å². The van der Waals surface area contributed by atoms with E-state index in [9.17, 15) is 9.59 Å². The number of carboxylic acids is 1. The largest absolute Gasteiger partial charge is 0.481 e. The lowest BCUT2D eigenvalue weighted by molar-refractivity contribution is -0.136. The van der Waals surface area contributed by atoms with Gasteiger partial charge in [0.15, 0.2) is 0 Å². The highest BCUT2D eigenvalue weighted by Gasteiger charge is 2.19. The first kappa shape index (κ1) is 14.8. The van der Waals surface area contributed by atoms with E-state index in [1.165, 1.54) is 17.1 Å². The Morgan fingerprint density at radius 1 is 1.47 bits per heavy atom. The highest BCUT2D eigenvalue weighted by molar-refractivity contribution is 5.72. The van der Waals surface area contributed by atoms with Crippen LogP contribution in [-0.4, -0.2) is 32.3 Å². The minimum absolute atomic E-state index is 0.0342. The summed E-state index contributed by atoms with van der Waals surface area (Å²) in [7, 11) is 0. The van der Waals surface area contributed by atoms with Crippen LogP contribution in [-0.2, 0) is 9.53 Å². The maximum absolute atomic E-state index is 11.8. The van der Waals surface area contributed by atoms with Crippen LogP contribution >= 0.6 is 0 Å². The summed E-state index contributed by atoms with van der Waals surface area (Å²) in [4.78, 5) is 26.0. The van der Waals surface area contributed by atoms with Crippen molar-refractivity contribution in [3.05, 3.63) is 18.2 Å². The molecule has 0 amide bonds. The van der Waals surface area contributed by atoms with Crippen LogP contribution in [0.2, 0.25) is 0 Å². The number of carbonyl (C=O) groups is 2. The Kier molecular flexibility index (Phi) is 4.70. The topological polar surface area (TPSA) is 81.4 Å². The molecule has 6 heteroatoms. The van der Waals surface area contributed by atoms with Crippen molar-refractivity contribution in [1.29, 1.82) is 0 Å². The van der Waals surface area contributed by atoms with E-state index in [4.69, 9.17) is 9.84 Å². The van der Waals surface area contributed by atoms with Crippen molar-refractivity contribution in [1.82, 2.24) is 9.55 Å². The van der Waals surface area contributed by atoms with Crippen molar-refractivity contribution < 1.29 is 19.4 Å². The molecule has 0 aliphatic carbocycles. The summed E-state index contributed by atoms with van der Waals surface area (Å²) < 4.78 is 6.38. The lowest BCUT2D eigenvalue weighted by atomic mass is 10.2. The summed E-state index contributed by atoms with van der Waals surface area (Å²) in [6.07, 6.45) is 2.36. The van der Waals surface area contributed by atoms with Gasteiger partial charge >= 0.3 is 12.1 Å². The molecule has 1 aromatic heterocycles. The summed E-state index contributed by atoms with van der Waals surface area (Å²) in [5.74, 6) is 4.47. The fraction of sp³-hybridized carbons (Fsp3) is 0.462. The molecule has 0 aromatic carbocycles.